The zero-order valence-electron chi connectivity index (χ0n) is 17.1. The molecule has 7 heteroatoms. The molecule has 4 rings (SSSR count). The third kappa shape index (κ3) is 4.82. The van der Waals surface area contributed by atoms with Crippen LogP contribution < -0.4 is 4.74 Å². The Morgan fingerprint density at radius 1 is 1.09 bits per heavy atom. The second kappa shape index (κ2) is 9.51. The number of carbonyl (C=O) groups is 2. The number of hydrazone groups is 1. The van der Waals surface area contributed by atoms with Gasteiger partial charge in [-0.2, -0.15) is 10.1 Å². The Kier molecular flexibility index (Phi) is 6.53. The second-order valence-electron chi connectivity index (χ2n) is 7.13. The highest BCUT2D eigenvalue weighted by atomic mass is 79.9. The molecule has 0 aliphatic carbocycles. The molecule has 1 aliphatic heterocycles. The SMILES string of the molecule is CC1=NN(C(=O)c2ccccc2)C(=O)/C1=C/c1cc(Br)ccc1OCc1ccc(Cl)cc1. The van der Waals surface area contributed by atoms with Gasteiger partial charge < -0.3 is 4.74 Å². The standard InChI is InChI=1S/C25H18BrClN2O3/c1-16-22(25(31)29(28-16)24(30)18-5-3-2-4-6-18)14-19-13-20(26)9-12-23(19)32-15-17-7-10-21(27)11-8-17/h2-14H,15H2,1H3/b22-14+. The van der Waals surface area contributed by atoms with Crippen molar-refractivity contribution in [1.29, 1.82) is 0 Å². The number of ether oxygens (including phenoxy) is 1. The largest absolute Gasteiger partial charge is 0.488 e. The topological polar surface area (TPSA) is 59.0 Å². The van der Waals surface area contributed by atoms with E-state index in [2.05, 4.69) is 21.0 Å². The number of amides is 2. The average molecular weight is 510 g/mol. The maximum absolute atomic E-state index is 13.0. The van der Waals surface area contributed by atoms with Gasteiger partial charge in [-0.15, -0.1) is 0 Å². The summed E-state index contributed by atoms with van der Waals surface area (Å²) in [5.41, 5.74) is 2.85. The number of imide groups is 1. The van der Waals surface area contributed by atoms with Crippen LogP contribution in [-0.2, 0) is 11.4 Å². The van der Waals surface area contributed by atoms with Gasteiger partial charge >= 0.3 is 0 Å². The van der Waals surface area contributed by atoms with Crippen molar-refractivity contribution < 1.29 is 14.3 Å². The molecule has 0 N–H and O–H groups in total. The third-order valence-corrected chi connectivity index (χ3v) is 5.60. The molecule has 0 atom stereocenters. The Balaban J connectivity index is 1.59. The van der Waals surface area contributed by atoms with E-state index in [9.17, 15) is 9.59 Å². The minimum atomic E-state index is -0.472. The number of carbonyl (C=O) groups excluding carboxylic acids is 2. The van der Waals surface area contributed by atoms with Crippen LogP contribution in [-0.4, -0.2) is 22.5 Å². The highest BCUT2D eigenvalue weighted by molar-refractivity contribution is 9.10. The van der Waals surface area contributed by atoms with E-state index >= 15 is 0 Å². The number of benzene rings is 3. The van der Waals surface area contributed by atoms with Gasteiger partial charge in [-0.3, -0.25) is 9.59 Å². The lowest BCUT2D eigenvalue weighted by atomic mass is 10.1. The maximum atomic E-state index is 13.0. The zero-order chi connectivity index (χ0) is 22.7. The van der Waals surface area contributed by atoms with Gasteiger partial charge in [0.15, 0.2) is 0 Å². The smallest absolute Gasteiger partial charge is 0.283 e. The van der Waals surface area contributed by atoms with Gasteiger partial charge in [-0.05, 0) is 61.0 Å². The number of halogens is 2. The molecule has 3 aromatic rings. The molecule has 0 saturated heterocycles. The monoisotopic (exact) mass is 508 g/mol. The fourth-order valence-electron chi connectivity index (χ4n) is 3.19. The molecule has 2 amide bonds. The summed E-state index contributed by atoms with van der Waals surface area (Å²) in [4.78, 5) is 25.7. The summed E-state index contributed by atoms with van der Waals surface area (Å²) in [7, 11) is 0. The van der Waals surface area contributed by atoms with Gasteiger partial charge in [0, 0.05) is 20.6 Å². The summed E-state index contributed by atoms with van der Waals surface area (Å²) in [6.45, 7) is 2.04. The quantitative estimate of drug-likeness (QED) is 0.307. The molecule has 0 bridgehead atoms. The highest BCUT2D eigenvalue weighted by Crippen LogP contribution is 2.29. The molecule has 160 valence electrons. The van der Waals surface area contributed by atoms with E-state index in [0.717, 1.165) is 15.0 Å². The van der Waals surface area contributed by atoms with E-state index in [0.29, 0.717) is 39.8 Å². The lowest BCUT2D eigenvalue weighted by molar-refractivity contribution is -0.123. The van der Waals surface area contributed by atoms with E-state index in [-0.39, 0.29) is 0 Å². The number of hydrogen-bond acceptors (Lipinski definition) is 4. The Labute approximate surface area is 199 Å². The molecule has 0 spiro atoms. The molecule has 0 fully saturated rings. The normalized spacial score (nSPS) is 14.6. The lowest BCUT2D eigenvalue weighted by Gasteiger charge is -2.12. The van der Waals surface area contributed by atoms with Crippen LogP contribution in [0, 0.1) is 0 Å². The predicted molar refractivity (Wildman–Crippen MR) is 129 cm³/mol. The van der Waals surface area contributed by atoms with Gasteiger partial charge in [0.2, 0.25) is 0 Å². The molecule has 3 aromatic carbocycles. The molecule has 1 aliphatic rings. The number of hydrogen-bond donors (Lipinski definition) is 0. The van der Waals surface area contributed by atoms with Crippen LogP contribution in [0.25, 0.3) is 6.08 Å². The first-order valence-corrected chi connectivity index (χ1v) is 11.0. The van der Waals surface area contributed by atoms with Crippen molar-refractivity contribution in [2.75, 3.05) is 0 Å². The van der Waals surface area contributed by atoms with E-state index in [4.69, 9.17) is 16.3 Å². The molecule has 0 saturated carbocycles. The highest BCUT2D eigenvalue weighted by Gasteiger charge is 2.33. The Bertz CT molecular complexity index is 1240. The van der Waals surface area contributed by atoms with Crippen LogP contribution in [0.2, 0.25) is 5.02 Å². The molecular weight excluding hydrogens is 492 g/mol. The molecular formula is C25H18BrClN2O3. The minimum Gasteiger partial charge on any atom is -0.488 e. The van der Waals surface area contributed by atoms with Crippen molar-refractivity contribution in [3.63, 3.8) is 0 Å². The van der Waals surface area contributed by atoms with Crippen LogP contribution >= 0.6 is 27.5 Å². The average Bonchev–Trinajstić information content (AvgIpc) is 3.08. The molecule has 1 heterocycles. The van der Waals surface area contributed by atoms with Crippen molar-refractivity contribution >= 4 is 51.1 Å². The molecule has 5 nitrogen and oxygen atoms in total. The summed E-state index contributed by atoms with van der Waals surface area (Å²) in [5, 5.41) is 5.76. The maximum Gasteiger partial charge on any atom is 0.283 e. The van der Waals surface area contributed by atoms with E-state index in [1.165, 1.54) is 0 Å². The summed E-state index contributed by atoms with van der Waals surface area (Å²) >= 11 is 9.41. The lowest BCUT2D eigenvalue weighted by Crippen LogP contribution is -2.29. The van der Waals surface area contributed by atoms with E-state index < -0.39 is 11.8 Å². The third-order valence-electron chi connectivity index (χ3n) is 4.85. The number of rotatable bonds is 5. The van der Waals surface area contributed by atoms with Gasteiger partial charge in [-0.1, -0.05) is 57.9 Å². The van der Waals surface area contributed by atoms with Crippen LogP contribution in [0.3, 0.4) is 0 Å². The predicted octanol–water partition coefficient (Wildman–Crippen LogP) is 6.12. The molecule has 0 unspecified atom stereocenters. The van der Waals surface area contributed by atoms with Gasteiger partial charge in [0.05, 0.1) is 11.3 Å². The first-order chi connectivity index (χ1) is 15.4. The summed E-state index contributed by atoms with van der Waals surface area (Å²) in [6.07, 6.45) is 1.70. The summed E-state index contributed by atoms with van der Waals surface area (Å²) in [5.74, 6) is -0.337. The van der Waals surface area contributed by atoms with Crippen LogP contribution in [0.1, 0.15) is 28.4 Å². The van der Waals surface area contributed by atoms with Crippen LogP contribution in [0.15, 0.2) is 87.9 Å². The van der Waals surface area contributed by atoms with Crippen molar-refractivity contribution in [3.05, 3.63) is 105 Å². The zero-order valence-corrected chi connectivity index (χ0v) is 19.4. The van der Waals surface area contributed by atoms with E-state index in [1.54, 1.807) is 55.5 Å². The molecule has 32 heavy (non-hydrogen) atoms. The fourth-order valence-corrected chi connectivity index (χ4v) is 3.69. The summed E-state index contributed by atoms with van der Waals surface area (Å²) in [6, 6.07) is 21.5. The second-order valence-corrected chi connectivity index (χ2v) is 8.48. The molecule has 0 aromatic heterocycles. The minimum absolute atomic E-state index is 0.337. The Morgan fingerprint density at radius 2 is 1.81 bits per heavy atom. The first kappa shape index (κ1) is 22.0. The van der Waals surface area contributed by atoms with E-state index in [1.807, 2.05) is 30.3 Å². The van der Waals surface area contributed by atoms with Gasteiger partial charge in [0.1, 0.15) is 12.4 Å². The molecule has 0 radical (unpaired) electrons. The van der Waals surface area contributed by atoms with Crippen molar-refractivity contribution in [1.82, 2.24) is 5.01 Å². The van der Waals surface area contributed by atoms with Gasteiger partial charge in [0.25, 0.3) is 11.8 Å². The van der Waals surface area contributed by atoms with Gasteiger partial charge in [-0.25, -0.2) is 0 Å². The fraction of sp³-hybridized carbons (Fsp3) is 0.0800. The van der Waals surface area contributed by atoms with Crippen molar-refractivity contribution in [2.45, 2.75) is 13.5 Å². The van der Waals surface area contributed by atoms with Crippen molar-refractivity contribution in [2.24, 2.45) is 5.10 Å². The Hall–Kier alpha value is -3.22. The Morgan fingerprint density at radius 3 is 2.53 bits per heavy atom. The van der Waals surface area contributed by atoms with Crippen molar-refractivity contribution in [3.8, 4) is 5.75 Å². The van der Waals surface area contributed by atoms with Crippen LogP contribution in [0.5, 0.6) is 5.75 Å². The number of nitrogens with zero attached hydrogens (tertiary/aromatic N) is 2. The first-order valence-electron chi connectivity index (χ1n) is 9.80. The summed E-state index contributed by atoms with van der Waals surface area (Å²) < 4.78 is 6.84. The van der Waals surface area contributed by atoms with Crippen LogP contribution in [0.4, 0.5) is 0 Å².